The van der Waals surface area contributed by atoms with Crippen molar-refractivity contribution in [2.75, 3.05) is 59.5 Å². The van der Waals surface area contributed by atoms with Crippen molar-refractivity contribution < 1.29 is 5.11 Å². The minimum absolute atomic E-state index is 0.332. The summed E-state index contributed by atoms with van der Waals surface area (Å²) in [4.78, 5) is 7.50. The van der Waals surface area contributed by atoms with Crippen LogP contribution in [0, 0.1) is 11.8 Å². The normalized spacial score (nSPS) is 29.2. The molecule has 0 spiro atoms. The number of likely N-dealkylation sites (N-methyl/N-ethyl adjacent to an activating group) is 1. The molecule has 3 heterocycles. The lowest BCUT2D eigenvalue weighted by molar-refractivity contribution is 0.116. The van der Waals surface area contributed by atoms with E-state index in [1.807, 2.05) is 0 Å². The van der Waals surface area contributed by atoms with Gasteiger partial charge >= 0.3 is 0 Å². The first kappa shape index (κ1) is 15.4. The van der Waals surface area contributed by atoms with Gasteiger partial charge in [0.05, 0.1) is 0 Å². The molecule has 3 rings (SSSR count). The van der Waals surface area contributed by atoms with E-state index in [-0.39, 0.29) is 0 Å². The Morgan fingerprint density at radius 1 is 1.14 bits per heavy atom. The molecule has 2 atom stereocenters. The molecule has 0 unspecified atom stereocenters. The first-order chi connectivity index (χ1) is 10.2. The highest BCUT2D eigenvalue weighted by molar-refractivity contribution is 7.07. The summed E-state index contributed by atoms with van der Waals surface area (Å²) in [7, 11) is 2.20. The van der Waals surface area contributed by atoms with Crippen molar-refractivity contribution >= 4 is 11.3 Å². The molecule has 2 aliphatic rings. The van der Waals surface area contributed by atoms with Crippen LogP contribution < -0.4 is 0 Å². The van der Waals surface area contributed by atoms with Crippen molar-refractivity contribution in [3.8, 4) is 0 Å². The summed E-state index contributed by atoms with van der Waals surface area (Å²) in [5, 5.41) is 14.1. The molecular weight excluding hydrogens is 282 g/mol. The lowest BCUT2D eigenvalue weighted by Crippen LogP contribution is -2.47. The van der Waals surface area contributed by atoms with Crippen LogP contribution >= 0.6 is 11.3 Å². The fourth-order valence-electron chi connectivity index (χ4n) is 3.58. The average Bonchev–Trinajstić information content (AvgIpc) is 3.11. The zero-order valence-corrected chi connectivity index (χ0v) is 13.8. The summed E-state index contributed by atoms with van der Waals surface area (Å²) in [5.74, 6) is 1.07. The van der Waals surface area contributed by atoms with Crippen molar-refractivity contribution in [1.29, 1.82) is 0 Å². The molecule has 1 aromatic rings. The van der Waals surface area contributed by atoms with Gasteiger partial charge in [0.15, 0.2) is 0 Å². The molecule has 1 N–H and O–H groups in total. The summed E-state index contributed by atoms with van der Waals surface area (Å²) in [6, 6.07) is 2.21. The zero-order chi connectivity index (χ0) is 14.7. The average molecular weight is 309 g/mol. The Bertz CT molecular complexity index is 417. The maximum Gasteiger partial charge on any atom is 0.0475 e. The predicted octanol–water partition coefficient (Wildman–Crippen LogP) is 1.04. The van der Waals surface area contributed by atoms with Crippen LogP contribution in [0.3, 0.4) is 0 Å². The Morgan fingerprint density at radius 2 is 1.90 bits per heavy atom. The van der Waals surface area contributed by atoms with E-state index in [4.69, 9.17) is 0 Å². The second-order valence-corrected chi connectivity index (χ2v) is 7.41. The Hall–Kier alpha value is -0.460. The number of thiophene rings is 1. The maximum absolute atomic E-state index is 9.70. The minimum atomic E-state index is 0.332. The molecule has 2 aliphatic heterocycles. The van der Waals surface area contributed by atoms with Gasteiger partial charge in [0.2, 0.25) is 0 Å². The van der Waals surface area contributed by atoms with Crippen molar-refractivity contribution in [3.05, 3.63) is 22.4 Å². The van der Waals surface area contributed by atoms with Crippen LogP contribution in [0.5, 0.6) is 0 Å². The topological polar surface area (TPSA) is 30.0 Å². The van der Waals surface area contributed by atoms with E-state index in [0.717, 1.165) is 26.2 Å². The van der Waals surface area contributed by atoms with Crippen molar-refractivity contribution in [2.45, 2.75) is 6.54 Å². The fourth-order valence-corrected chi connectivity index (χ4v) is 4.24. The third-order valence-electron chi connectivity index (χ3n) is 4.96. The lowest BCUT2D eigenvalue weighted by atomic mass is 9.96. The molecule has 0 aromatic carbocycles. The number of piperazine rings is 1. The van der Waals surface area contributed by atoms with Crippen LogP contribution in [0.4, 0.5) is 0 Å². The van der Waals surface area contributed by atoms with Crippen molar-refractivity contribution in [1.82, 2.24) is 14.7 Å². The van der Waals surface area contributed by atoms with Gasteiger partial charge in [0.25, 0.3) is 0 Å². The van der Waals surface area contributed by atoms with E-state index in [0.29, 0.717) is 18.4 Å². The van der Waals surface area contributed by atoms with Gasteiger partial charge in [-0.15, -0.1) is 0 Å². The molecule has 0 aliphatic carbocycles. The molecule has 2 saturated heterocycles. The van der Waals surface area contributed by atoms with E-state index >= 15 is 0 Å². The molecule has 4 nitrogen and oxygen atoms in total. The van der Waals surface area contributed by atoms with E-state index in [2.05, 4.69) is 38.6 Å². The van der Waals surface area contributed by atoms with Gasteiger partial charge in [-0.25, -0.2) is 0 Å². The van der Waals surface area contributed by atoms with Crippen molar-refractivity contribution in [2.24, 2.45) is 11.8 Å². The van der Waals surface area contributed by atoms with Gasteiger partial charge in [0, 0.05) is 59.0 Å². The molecule has 2 fully saturated rings. The Kier molecular flexibility index (Phi) is 5.29. The SMILES string of the molecule is CN1CCN(C[C@@H]2CN(Cc3ccsc3)C[C@@H]2CO)CC1. The number of aliphatic hydroxyl groups excluding tert-OH is 1. The molecule has 1 aromatic heterocycles. The van der Waals surface area contributed by atoms with Crippen LogP contribution in [0.15, 0.2) is 16.8 Å². The van der Waals surface area contributed by atoms with Crippen LogP contribution in [0.25, 0.3) is 0 Å². The Labute approximate surface area is 132 Å². The van der Waals surface area contributed by atoms with Gasteiger partial charge < -0.3 is 14.9 Å². The third-order valence-corrected chi connectivity index (χ3v) is 5.69. The monoisotopic (exact) mass is 309 g/mol. The standard InChI is InChI=1S/C16H27N3OS/c1-17-3-5-18(6-4-17)9-15-10-19(11-16(15)12-20)8-14-2-7-21-13-14/h2,7,13,15-16,20H,3-6,8-12H2,1H3/t15-,16-/m1/s1. The Morgan fingerprint density at radius 3 is 2.57 bits per heavy atom. The van der Waals surface area contributed by atoms with E-state index in [9.17, 15) is 5.11 Å². The second kappa shape index (κ2) is 7.20. The maximum atomic E-state index is 9.70. The lowest BCUT2D eigenvalue weighted by Gasteiger charge is -2.34. The van der Waals surface area contributed by atoms with Gasteiger partial charge in [0.1, 0.15) is 0 Å². The molecule has 0 bridgehead atoms. The van der Waals surface area contributed by atoms with Gasteiger partial charge in [-0.1, -0.05) is 0 Å². The highest BCUT2D eigenvalue weighted by Gasteiger charge is 2.33. The zero-order valence-electron chi connectivity index (χ0n) is 12.9. The number of hydrogen-bond donors (Lipinski definition) is 1. The summed E-state index contributed by atoms with van der Waals surface area (Å²) >= 11 is 1.77. The summed E-state index contributed by atoms with van der Waals surface area (Å²) < 4.78 is 0. The molecule has 0 radical (unpaired) electrons. The minimum Gasteiger partial charge on any atom is -0.396 e. The largest absolute Gasteiger partial charge is 0.396 e. The summed E-state index contributed by atoms with van der Waals surface area (Å²) in [5.41, 5.74) is 1.41. The third kappa shape index (κ3) is 4.05. The molecule has 118 valence electrons. The van der Waals surface area contributed by atoms with Crippen LogP contribution in [0.2, 0.25) is 0 Å². The highest BCUT2D eigenvalue weighted by Crippen LogP contribution is 2.26. The fraction of sp³-hybridized carbons (Fsp3) is 0.750. The number of aliphatic hydroxyl groups is 1. The predicted molar refractivity (Wildman–Crippen MR) is 87.6 cm³/mol. The summed E-state index contributed by atoms with van der Waals surface area (Å²) in [6.45, 7) is 9.41. The van der Waals surface area contributed by atoms with Crippen LogP contribution in [-0.2, 0) is 6.54 Å². The number of rotatable bonds is 5. The molecule has 5 heteroatoms. The first-order valence-corrected chi connectivity index (χ1v) is 8.94. The summed E-state index contributed by atoms with van der Waals surface area (Å²) in [6.07, 6.45) is 0. The molecular formula is C16H27N3OS. The molecule has 21 heavy (non-hydrogen) atoms. The highest BCUT2D eigenvalue weighted by atomic mass is 32.1. The number of likely N-dealkylation sites (tertiary alicyclic amines) is 1. The number of hydrogen-bond acceptors (Lipinski definition) is 5. The van der Waals surface area contributed by atoms with Gasteiger partial charge in [-0.3, -0.25) is 4.90 Å². The number of nitrogens with zero attached hydrogens (tertiary/aromatic N) is 3. The Balaban J connectivity index is 1.52. The first-order valence-electron chi connectivity index (χ1n) is 8.00. The van der Waals surface area contributed by atoms with Crippen LogP contribution in [0.1, 0.15) is 5.56 Å². The second-order valence-electron chi connectivity index (χ2n) is 6.63. The quantitative estimate of drug-likeness (QED) is 0.880. The van der Waals surface area contributed by atoms with Gasteiger partial charge in [-0.05, 0) is 41.3 Å². The van der Waals surface area contributed by atoms with Crippen LogP contribution in [-0.4, -0.2) is 79.3 Å². The molecule has 0 saturated carbocycles. The van der Waals surface area contributed by atoms with Crippen molar-refractivity contribution in [3.63, 3.8) is 0 Å². The van der Waals surface area contributed by atoms with E-state index in [1.54, 1.807) is 11.3 Å². The smallest absolute Gasteiger partial charge is 0.0475 e. The molecule has 0 amide bonds. The van der Waals surface area contributed by atoms with Gasteiger partial charge in [-0.2, -0.15) is 11.3 Å². The van der Waals surface area contributed by atoms with E-state index < -0.39 is 0 Å². The van der Waals surface area contributed by atoms with E-state index in [1.165, 1.54) is 31.7 Å².